The van der Waals surface area contributed by atoms with Crippen molar-refractivity contribution in [2.24, 2.45) is 17.8 Å². The Morgan fingerprint density at radius 2 is 1.81 bits per heavy atom. The number of aryl methyl sites for hydroxylation is 2. The number of hydrogen-bond donors (Lipinski definition) is 0. The molecule has 1 saturated heterocycles. The van der Waals surface area contributed by atoms with Crippen LogP contribution < -0.4 is 0 Å². The van der Waals surface area contributed by atoms with E-state index in [1.165, 1.54) is 30.0 Å². The molecule has 1 aliphatic heterocycles. The molecular formula is C21H30N2O3S. The molecule has 4 rings (SSSR count). The SMILES string of the molecule is Cc1ccc(C)c(S(=O)(=O)N2CCN(C(=O)C[C@H]3C[C@H]4CC[C@@H]3C4)CC2)c1. The van der Waals surface area contributed by atoms with Gasteiger partial charge in [0.25, 0.3) is 0 Å². The lowest BCUT2D eigenvalue weighted by atomic mass is 9.86. The van der Waals surface area contributed by atoms with E-state index in [0.717, 1.165) is 23.0 Å². The third-order valence-corrected chi connectivity index (χ3v) is 8.91. The summed E-state index contributed by atoms with van der Waals surface area (Å²) in [6.45, 7) is 5.52. The van der Waals surface area contributed by atoms with Crippen molar-refractivity contribution < 1.29 is 13.2 Å². The third kappa shape index (κ3) is 3.66. The van der Waals surface area contributed by atoms with Crippen molar-refractivity contribution >= 4 is 15.9 Å². The van der Waals surface area contributed by atoms with Crippen molar-refractivity contribution in [3.63, 3.8) is 0 Å². The molecule has 3 fully saturated rings. The lowest BCUT2D eigenvalue weighted by molar-refractivity contribution is -0.133. The minimum Gasteiger partial charge on any atom is -0.340 e. The number of amides is 1. The van der Waals surface area contributed by atoms with E-state index in [1.54, 1.807) is 6.07 Å². The van der Waals surface area contributed by atoms with Crippen LogP contribution in [0.1, 0.15) is 43.2 Å². The second-order valence-corrected chi connectivity index (χ2v) is 10.6. The zero-order chi connectivity index (χ0) is 19.2. The average molecular weight is 391 g/mol. The van der Waals surface area contributed by atoms with Crippen molar-refractivity contribution in [2.45, 2.75) is 50.8 Å². The highest BCUT2D eigenvalue weighted by Gasteiger charge is 2.41. The molecule has 27 heavy (non-hydrogen) atoms. The Labute approximate surface area is 162 Å². The van der Waals surface area contributed by atoms with Gasteiger partial charge in [0.05, 0.1) is 4.90 Å². The molecule has 1 aromatic carbocycles. The summed E-state index contributed by atoms with van der Waals surface area (Å²) in [7, 11) is -3.50. The number of fused-ring (bicyclic) bond motifs is 2. The van der Waals surface area contributed by atoms with Crippen molar-refractivity contribution in [3.8, 4) is 0 Å². The largest absolute Gasteiger partial charge is 0.340 e. The van der Waals surface area contributed by atoms with E-state index in [-0.39, 0.29) is 5.91 Å². The number of rotatable bonds is 4. The summed E-state index contributed by atoms with van der Waals surface area (Å²) >= 11 is 0. The maximum absolute atomic E-state index is 13.0. The summed E-state index contributed by atoms with van der Waals surface area (Å²) < 4.78 is 27.6. The number of sulfonamides is 1. The van der Waals surface area contributed by atoms with E-state index < -0.39 is 10.0 Å². The lowest BCUT2D eigenvalue weighted by Crippen LogP contribution is -2.50. The Morgan fingerprint density at radius 1 is 1.07 bits per heavy atom. The van der Waals surface area contributed by atoms with E-state index in [9.17, 15) is 13.2 Å². The number of carbonyl (C=O) groups excluding carboxylic acids is 1. The smallest absolute Gasteiger partial charge is 0.243 e. The topological polar surface area (TPSA) is 57.7 Å². The Kier molecular flexibility index (Phi) is 5.06. The summed E-state index contributed by atoms with van der Waals surface area (Å²) in [5, 5.41) is 0. The molecule has 3 aliphatic rings. The van der Waals surface area contributed by atoms with E-state index in [4.69, 9.17) is 0 Å². The highest BCUT2D eigenvalue weighted by molar-refractivity contribution is 7.89. The molecule has 0 unspecified atom stereocenters. The van der Waals surface area contributed by atoms with Crippen LogP contribution in [0.3, 0.4) is 0 Å². The zero-order valence-electron chi connectivity index (χ0n) is 16.4. The van der Waals surface area contributed by atoms with E-state index >= 15 is 0 Å². The molecule has 6 heteroatoms. The first-order valence-corrected chi connectivity index (χ1v) is 11.6. The lowest BCUT2D eigenvalue weighted by Gasteiger charge is -2.35. The fraction of sp³-hybridized carbons (Fsp3) is 0.667. The van der Waals surface area contributed by atoms with Gasteiger partial charge < -0.3 is 4.90 Å². The maximum atomic E-state index is 13.0. The van der Waals surface area contributed by atoms with Crippen LogP contribution in [0.15, 0.2) is 23.1 Å². The fourth-order valence-corrected chi connectivity index (χ4v) is 7.01. The van der Waals surface area contributed by atoms with Gasteiger partial charge in [-0.1, -0.05) is 18.6 Å². The summed E-state index contributed by atoms with van der Waals surface area (Å²) in [5.74, 6) is 2.39. The molecule has 1 heterocycles. The monoisotopic (exact) mass is 390 g/mol. The number of carbonyl (C=O) groups is 1. The van der Waals surface area contributed by atoms with E-state index in [1.807, 2.05) is 30.9 Å². The molecule has 148 valence electrons. The Hall–Kier alpha value is -1.40. The van der Waals surface area contributed by atoms with Gasteiger partial charge in [0.15, 0.2) is 0 Å². The van der Waals surface area contributed by atoms with Gasteiger partial charge in [0.2, 0.25) is 15.9 Å². The van der Waals surface area contributed by atoms with Gasteiger partial charge in [-0.2, -0.15) is 4.31 Å². The second-order valence-electron chi connectivity index (χ2n) is 8.69. The van der Waals surface area contributed by atoms with Gasteiger partial charge in [-0.25, -0.2) is 8.42 Å². The molecule has 0 aromatic heterocycles. The number of benzene rings is 1. The molecule has 0 spiro atoms. The molecule has 0 N–H and O–H groups in total. The highest BCUT2D eigenvalue weighted by atomic mass is 32.2. The van der Waals surface area contributed by atoms with Crippen LogP contribution in [0.5, 0.6) is 0 Å². The normalized spacial score (nSPS) is 28.7. The van der Waals surface area contributed by atoms with Crippen LogP contribution in [0, 0.1) is 31.6 Å². The Balaban J connectivity index is 1.37. The predicted octanol–water partition coefficient (Wildman–Crippen LogP) is 2.96. The molecule has 5 nitrogen and oxygen atoms in total. The Morgan fingerprint density at radius 3 is 2.44 bits per heavy atom. The predicted molar refractivity (Wildman–Crippen MR) is 105 cm³/mol. The van der Waals surface area contributed by atoms with Gasteiger partial charge in [-0.15, -0.1) is 0 Å². The molecule has 1 aromatic rings. The molecule has 2 bridgehead atoms. The van der Waals surface area contributed by atoms with E-state index in [0.29, 0.717) is 43.4 Å². The molecule has 0 radical (unpaired) electrons. The standard InChI is InChI=1S/C21H30N2O3S/c1-15-3-4-16(2)20(11-15)27(25,26)23-9-7-22(8-10-23)21(24)14-19-13-17-5-6-18(19)12-17/h3-4,11,17-19H,5-10,12-14H2,1-2H3/t17-,18+,19+/m0/s1. The van der Waals surface area contributed by atoms with Crippen LogP contribution in [0.25, 0.3) is 0 Å². The second kappa shape index (κ2) is 7.21. The summed E-state index contributed by atoms with van der Waals surface area (Å²) in [5.41, 5.74) is 1.72. The molecule has 3 atom stereocenters. The van der Waals surface area contributed by atoms with Gasteiger partial charge in [-0.3, -0.25) is 4.79 Å². The first-order chi connectivity index (χ1) is 12.8. The van der Waals surface area contributed by atoms with Crippen molar-refractivity contribution in [3.05, 3.63) is 29.3 Å². The first kappa shape index (κ1) is 18.9. The van der Waals surface area contributed by atoms with Gasteiger partial charge in [0.1, 0.15) is 0 Å². The van der Waals surface area contributed by atoms with Gasteiger partial charge >= 0.3 is 0 Å². The average Bonchev–Trinajstić information content (AvgIpc) is 3.27. The van der Waals surface area contributed by atoms with Gasteiger partial charge in [-0.05, 0) is 68.1 Å². The number of nitrogens with zero attached hydrogens (tertiary/aromatic N) is 2. The molecular weight excluding hydrogens is 360 g/mol. The fourth-order valence-electron chi connectivity index (χ4n) is 5.28. The summed E-state index contributed by atoms with van der Waals surface area (Å²) in [6, 6.07) is 5.54. The quantitative estimate of drug-likeness (QED) is 0.794. The maximum Gasteiger partial charge on any atom is 0.243 e. The molecule has 2 aliphatic carbocycles. The molecule has 2 saturated carbocycles. The highest BCUT2D eigenvalue weighted by Crippen LogP contribution is 2.49. The van der Waals surface area contributed by atoms with Crippen LogP contribution in [-0.4, -0.2) is 49.7 Å². The van der Waals surface area contributed by atoms with Crippen LogP contribution in [0.4, 0.5) is 0 Å². The van der Waals surface area contributed by atoms with Crippen molar-refractivity contribution in [1.82, 2.24) is 9.21 Å². The minimum atomic E-state index is -3.50. The van der Waals surface area contributed by atoms with Crippen LogP contribution in [-0.2, 0) is 14.8 Å². The zero-order valence-corrected chi connectivity index (χ0v) is 17.2. The molecule has 1 amide bonds. The summed E-state index contributed by atoms with van der Waals surface area (Å²) in [6.07, 6.45) is 5.84. The van der Waals surface area contributed by atoms with Crippen molar-refractivity contribution in [2.75, 3.05) is 26.2 Å². The number of piperazine rings is 1. The van der Waals surface area contributed by atoms with E-state index in [2.05, 4.69) is 0 Å². The van der Waals surface area contributed by atoms with Crippen LogP contribution >= 0.6 is 0 Å². The third-order valence-electron chi connectivity index (χ3n) is 6.87. The summed E-state index contributed by atoms with van der Waals surface area (Å²) in [4.78, 5) is 15.0. The minimum absolute atomic E-state index is 0.219. The van der Waals surface area contributed by atoms with Crippen LogP contribution in [0.2, 0.25) is 0 Å². The Bertz CT molecular complexity index is 828. The van der Waals surface area contributed by atoms with Crippen molar-refractivity contribution in [1.29, 1.82) is 0 Å². The number of hydrogen-bond acceptors (Lipinski definition) is 3. The van der Waals surface area contributed by atoms with Gasteiger partial charge in [0, 0.05) is 32.6 Å². The first-order valence-electron chi connectivity index (χ1n) is 10.2.